The highest BCUT2D eigenvalue weighted by Gasteiger charge is 2.03. The van der Waals surface area contributed by atoms with Crippen molar-refractivity contribution in [3.05, 3.63) is 84.3 Å². The van der Waals surface area contributed by atoms with Gasteiger partial charge in [-0.1, -0.05) is 30.3 Å². The van der Waals surface area contributed by atoms with E-state index in [2.05, 4.69) is 5.32 Å². The zero-order valence-corrected chi connectivity index (χ0v) is 16.3. The van der Waals surface area contributed by atoms with Crippen molar-refractivity contribution in [2.75, 3.05) is 18.9 Å². The molecule has 6 heteroatoms. The lowest BCUT2D eigenvalue weighted by Crippen LogP contribution is -2.30. The molecule has 5 nitrogen and oxygen atoms in total. The van der Waals surface area contributed by atoms with Gasteiger partial charge in [0.2, 0.25) is 0 Å². The molecule has 146 valence electrons. The van der Waals surface area contributed by atoms with E-state index >= 15 is 0 Å². The van der Waals surface area contributed by atoms with Crippen molar-refractivity contribution >= 4 is 17.7 Å². The predicted molar refractivity (Wildman–Crippen MR) is 111 cm³/mol. The summed E-state index contributed by atoms with van der Waals surface area (Å²) in [4.78, 5) is 11.8. The van der Waals surface area contributed by atoms with Crippen molar-refractivity contribution in [1.82, 2.24) is 5.32 Å². The van der Waals surface area contributed by atoms with E-state index < -0.39 is 0 Å². The third-order valence-electron chi connectivity index (χ3n) is 3.83. The molecule has 0 saturated heterocycles. The third-order valence-corrected chi connectivity index (χ3v) is 4.82. The lowest BCUT2D eigenvalue weighted by molar-refractivity contribution is -0.122. The number of thioether (sulfide) groups is 1. The van der Waals surface area contributed by atoms with Gasteiger partial charge in [0.05, 0.1) is 12.0 Å². The first-order chi connectivity index (χ1) is 13.8. The highest BCUT2D eigenvalue weighted by Crippen LogP contribution is 2.18. The van der Waals surface area contributed by atoms with E-state index in [1.165, 1.54) is 0 Å². The molecule has 1 N–H and O–H groups in total. The number of carbonyl (C=O) groups excluding carboxylic acids is 1. The van der Waals surface area contributed by atoms with Crippen molar-refractivity contribution in [2.24, 2.45) is 0 Å². The SMILES string of the molecule is O=C(COc1ccc(OCc2ccccc2)cc1)NCCSCc1ccco1. The van der Waals surface area contributed by atoms with Crippen molar-refractivity contribution < 1.29 is 18.7 Å². The Hall–Kier alpha value is -2.86. The molecule has 0 bridgehead atoms. The summed E-state index contributed by atoms with van der Waals surface area (Å²) >= 11 is 1.71. The standard InChI is InChI=1S/C22H23NO4S/c24-22(23-12-14-28-17-21-7-4-13-25-21)16-27-20-10-8-19(9-11-20)26-15-18-5-2-1-3-6-18/h1-11,13H,12,14-17H2,(H,23,24). The summed E-state index contributed by atoms with van der Waals surface area (Å²) in [7, 11) is 0. The molecule has 3 rings (SSSR count). The van der Waals surface area contributed by atoms with Crippen LogP contribution in [0.5, 0.6) is 11.5 Å². The number of carbonyl (C=O) groups is 1. The molecule has 0 radical (unpaired) electrons. The number of hydrogen-bond donors (Lipinski definition) is 1. The highest BCUT2D eigenvalue weighted by molar-refractivity contribution is 7.98. The van der Waals surface area contributed by atoms with Gasteiger partial charge in [-0.25, -0.2) is 0 Å². The third kappa shape index (κ3) is 7.04. The van der Waals surface area contributed by atoms with E-state index in [4.69, 9.17) is 13.9 Å². The smallest absolute Gasteiger partial charge is 0.257 e. The summed E-state index contributed by atoms with van der Waals surface area (Å²) in [6.07, 6.45) is 1.66. The summed E-state index contributed by atoms with van der Waals surface area (Å²) in [6.45, 7) is 1.11. The summed E-state index contributed by atoms with van der Waals surface area (Å²) in [5, 5.41) is 2.84. The predicted octanol–water partition coefficient (Wildman–Crippen LogP) is 4.29. The number of hydrogen-bond acceptors (Lipinski definition) is 5. The number of amides is 1. The fourth-order valence-corrected chi connectivity index (χ4v) is 3.16. The average molecular weight is 397 g/mol. The van der Waals surface area contributed by atoms with E-state index in [9.17, 15) is 4.79 Å². The van der Waals surface area contributed by atoms with Crippen LogP contribution in [0.1, 0.15) is 11.3 Å². The maximum Gasteiger partial charge on any atom is 0.257 e. The molecule has 3 aromatic rings. The fraction of sp³-hybridized carbons (Fsp3) is 0.227. The minimum Gasteiger partial charge on any atom is -0.489 e. The summed E-state index contributed by atoms with van der Waals surface area (Å²) in [5.74, 6) is 3.82. The second-order valence-electron chi connectivity index (χ2n) is 6.02. The molecule has 28 heavy (non-hydrogen) atoms. The van der Waals surface area contributed by atoms with Crippen molar-refractivity contribution in [2.45, 2.75) is 12.4 Å². The van der Waals surface area contributed by atoms with Crippen molar-refractivity contribution in [1.29, 1.82) is 0 Å². The van der Waals surface area contributed by atoms with Crippen molar-refractivity contribution in [3.63, 3.8) is 0 Å². The lowest BCUT2D eigenvalue weighted by atomic mass is 10.2. The minimum absolute atomic E-state index is 0.00688. The van der Waals surface area contributed by atoms with Crippen LogP contribution >= 0.6 is 11.8 Å². The summed E-state index contributed by atoms with van der Waals surface area (Å²) in [5.41, 5.74) is 1.11. The van der Waals surface area contributed by atoms with Gasteiger partial charge in [0, 0.05) is 12.3 Å². The van der Waals surface area contributed by atoms with E-state index in [0.717, 1.165) is 28.6 Å². The Kier molecular flexibility index (Phi) is 7.88. The maximum absolute atomic E-state index is 11.8. The molecule has 0 aliphatic rings. The van der Waals surface area contributed by atoms with E-state index in [1.54, 1.807) is 30.2 Å². The Morgan fingerprint density at radius 1 is 0.929 bits per heavy atom. The van der Waals surface area contributed by atoms with Gasteiger partial charge in [-0.05, 0) is 42.0 Å². The van der Waals surface area contributed by atoms with Crippen LogP contribution < -0.4 is 14.8 Å². The number of ether oxygens (including phenoxy) is 2. The molecule has 1 heterocycles. The average Bonchev–Trinajstić information content (AvgIpc) is 3.25. The van der Waals surface area contributed by atoms with Gasteiger partial charge in [0.15, 0.2) is 6.61 Å². The van der Waals surface area contributed by atoms with Gasteiger partial charge in [0.25, 0.3) is 5.91 Å². The molecule has 0 aliphatic carbocycles. The van der Waals surface area contributed by atoms with Crippen LogP contribution in [0.4, 0.5) is 0 Å². The molecule has 0 unspecified atom stereocenters. The van der Waals surface area contributed by atoms with Crippen LogP contribution in [0.25, 0.3) is 0 Å². The zero-order valence-electron chi connectivity index (χ0n) is 15.5. The normalized spacial score (nSPS) is 10.4. The molecule has 2 aromatic carbocycles. The van der Waals surface area contributed by atoms with E-state index in [0.29, 0.717) is 18.9 Å². The molecule has 1 amide bonds. The molecule has 0 atom stereocenters. The first kappa shape index (κ1) is 19.9. The van der Waals surface area contributed by atoms with Crippen LogP contribution in [0.2, 0.25) is 0 Å². The molecule has 1 aromatic heterocycles. The Bertz CT molecular complexity index is 820. The fourth-order valence-electron chi connectivity index (χ4n) is 2.40. The molecule has 0 saturated carbocycles. The Morgan fingerprint density at radius 2 is 1.68 bits per heavy atom. The first-order valence-electron chi connectivity index (χ1n) is 9.06. The van der Waals surface area contributed by atoms with E-state index in [1.807, 2.05) is 54.6 Å². The Labute approximate surface area is 169 Å². The topological polar surface area (TPSA) is 60.7 Å². The molecular formula is C22H23NO4S. The van der Waals surface area contributed by atoms with Gasteiger partial charge in [0.1, 0.15) is 23.9 Å². The van der Waals surface area contributed by atoms with Crippen LogP contribution in [0.15, 0.2) is 77.4 Å². The number of nitrogens with one attached hydrogen (secondary N) is 1. The largest absolute Gasteiger partial charge is 0.489 e. The lowest BCUT2D eigenvalue weighted by Gasteiger charge is -2.09. The van der Waals surface area contributed by atoms with Gasteiger partial charge < -0.3 is 19.2 Å². The molecule has 0 spiro atoms. The van der Waals surface area contributed by atoms with Crippen LogP contribution in [-0.2, 0) is 17.2 Å². The van der Waals surface area contributed by atoms with Gasteiger partial charge >= 0.3 is 0 Å². The van der Waals surface area contributed by atoms with Crippen LogP contribution in [0, 0.1) is 0 Å². The number of furan rings is 1. The Morgan fingerprint density at radius 3 is 2.39 bits per heavy atom. The molecular weight excluding hydrogens is 374 g/mol. The monoisotopic (exact) mass is 397 g/mol. The number of benzene rings is 2. The van der Waals surface area contributed by atoms with Gasteiger partial charge in [-0.2, -0.15) is 11.8 Å². The zero-order chi connectivity index (χ0) is 19.4. The molecule has 0 aliphatic heterocycles. The minimum atomic E-state index is -0.136. The number of rotatable bonds is 11. The van der Waals surface area contributed by atoms with Crippen LogP contribution in [0.3, 0.4) is 0 Å². The quantitative estimate of drug-likeness (QED) is 0.489. The second kappa shape index (κ2) is 11.1. The van der Waals surface area contributed by atoms with Gasteiger partial charge in [-0.15, -0.1) is 0 Å². The summed E-state index contributed by atoms with van der Waals surface area (Å²) in [6, 6.07) is 21.1. The van der Waals surface area contributed by atoms with Crippen LogP contribution in [-0.4, -0.2) is 24.8 Å². The summed E-state index contributed by atoms with van der Waals surface area (Å²) < 4.78 is 16.5. The van der Waals surface area contributed by atoms with E-state index in [-0.39, 0.29) is 12.5 Å². The highest BCUT2D eigenvalue weighted by atomic mass is 32.2. The maximum atomic E-state index is 11.8. The molecule has 0 fully saturated rings. The van der Waals surface area contributed by atoms with Crippen molar-refractivity contribution in [3.8, 4) is 11.5 Å². The first-order valence-corrected chi connectivity index (χ1v) is 10.2. The Balaban J connectivity index is 1.29. The second-order valence-corrected chi connectivity index (χ2v) is 7.12. The van der Waals surface area contributed by atoms with Gasteiger partial charge in [-0.3, -0.25) is 4.79 Å².